The third-order valence-corrected chi connectivity index (χ3v) is 35.9. The number of benzene rings is 4. The molecule has 4 aromatic carbocycles. The van der Waals surface area contributed by atoms with Gasteiger partial charge < -0.3 is 0 Å². The Bertz CT molecular complexity index is 1950. The van der Waals surface area contributed by atoms with Crippen LogP contribution in [0.4, 0.5) is 0 Å². The third-order valence-electron chi connectivity index (χ3n) is 13.5. The van der Waals surface area contributed by atoms with E-state index < -0.39 is 20.0 Å². The second-order valence-corrected chi connectivity index (χ2v) is 37.9. The Balaban J connectivity index is 0.00000300. The molecule has 0 N–H and O–H groups in total. The van der Waals surface area contributed by atoms with Crippen molar-refractivity contribution in [1.29, 1.82) is 0 Å². The van der Waals surface area contributed by atoms with Crippen molar-refractivity contribution in [3.8, 4) is 22.3 Å². The summed E-state index contributed by atoms with van der Waals surface area (Å²) >= 11 is -3.14. The fourth-order valence-corrected chi connectivity index (χ4v) is 33.2. The molecule has 0 nitrogen and oxygen atoms in total. The van der Waals surface area contributed by atoms with Crippen molar-refractivity contribution in [3.05, 3.63) is 128 Å². The Morgan fingerprint density at radius 3 is 1.05 bits per heavy atom. The minimum absolute atomic E-state index is 0. The first kappa shape index (κ1) is 44.9. The predicted octanol–water partition coefficient (Wildman–Crippen LogP) is 16.8. The molecule has 7 rings (SSSR count). The smallest absolute Gasteiger partial charge is 0.147 e. The maximum atomic E-state index is 2.68. The number of hydrogen-bond acceptors (Lipinski definition) is 0. The van der Waals surface area contributed by atoms with E-state index in [9.17, 15) is 0 Å². The van der Waals surface area contributed by atoms with Crippen LogP contribution in [0.15, 0.2) is 83.9 Å². The number of hydrogen-bond donors (Lipinski definition) is 0. The third kappa shape index (κ3) is 7.94. The number of allylic oxidation sites excluding steroid dienone is 2. The van der Waals surface area contributed by atoms with Gasteiger partial charge in [0.25, 0.3) is 0 Å². The SMILES string of the molecule is CCC1=Cc2c(-c3cc(C(C)(C)C)cc(C(C)(C)C)c3)cccc2[CH]1[Hf]1([CH]2C(CC)=Cc3c(-c4cc(C(C)(C)C)cc(C(C)(C)C)c4)cccc32)[CH2]C[CH2]1.Cl.Cl. The van der Waals surface area contributed by atoms with E-state index in [2.05, 4.69) is 182 Å². The zero-order chi connectivity index (χ0) is 39.2. The van der Waals surface area contributed by atoms with Gasteiger partial charge in [-0.1, -0.05) is 0 Å². The molecule has 1 saturated heterocycles. The van der Waals surface area contributed by atoms with Gasteiger partial charge in [0.1, 0.15) is 0 Å². The van der Waals surface area contributed by atoms with Gasteiger partial charge in [0.15, 0.2) is 0 Å². The van der Waals surface area contributed by atoms with Gasteiger partial charge in [-0.3, -0.25) is 0 Å². The summed E-state index contributed by atoms with van der Waals surface area (Å²) in [6, 6.07) is 29.7. The van der Waals surface area contributed by atoms with Crippen molar-refractivity contribution in [2.45, 2.75) is 154 Å². The molecular weight excluding hydrogens is 886 g/mol. The topological polar surface area (TPSA) is 0 Å². The average Bonchev–Trinajstić information content (AvgIpc) is 3.65. The largest absolute Gasteiger partial charge is 0.147 e. The monoisotopic (exact) mass is 956 g/mol. The van der Waals surface area contributed by atoms with Crippen molar-refractivity contribution >= 4 is 37.0 Å². The van der Waals surface area contributed by atoms with E-state index in [1.54, 1.807) is 22.3 Å². The van der Waals surface area contributed by atoms with Crippen LogP contribution in [0.25, 0.3) is 34.4 Å². The first-order chi connectivity index (χ1) is 25.2. The van der Waals surface area contributed by atoms with E-state index in [1.807, 2.05) is 0 Å². The number of halogens is 2. The van der Waals surface area contributed by atoms with Crippen LogP contribution >= 0.6 is 24.8 Å². The molecule has 1 heterocycles. The quantitative estimate of drug-likeness (QED) is 0.169. The maximum absolute atomic E-state index is 3.14. The van der Waals surface area contributed by atoms with Crippen LogP contribution in [-0.2, 0) is 41.6 Å². The van der Waals surface area contributed by atoms with Crippen LogP contribution in [0.2, 0.25) is 8.35 Å². The summed E-state index contributed by atoms with van der Waals surface area (Å²) in [5.74, 6) is 0. The van der Waals surface area contributed by atoms with Gasteiger partial charge in [0.05, 0.1) is 0 Å². The molecule has 2 aliphatic carbocycles. The van der Waals surface area contributed by atoms with E-state index in [0.717, 1.165) is 12.8 Å². The summed E-state index contributed by atoms with van der Waals surface area (Å²) in [6.07, 6.45) is 9.08. The molecule has 1 aliphatic heterocycles. The molecule has 1 fully saturated rings. The maximum Gasteiger partial charge on any atom is -0.147 e. The molecule has 56 heavy (non-hydrogen) atoms. The van der Waals surface area contributed by atoms with Gasteiger partial charge in [0.2, 0.25) is 0 Å². The predicted molar refractivity (Wildman–Crippen MR) is 249 cm³/mol. The molecule has 2 unspecified atom stereocenters. The van der Waals surface area contributed by atoms with Crippen LogP contribution in [0, 0.1) is 0 Å². The van der Waals surface area contributed by atoms with Crippen molar-refractivity contribution in [2.75, 3.05) is 0 Å². The summed E-state index contributed by atoms with van der Waals surface area (Å²) in [6.45, 7) is 33.2. The molecule has 0 radical (unpaired) electrons. The molecule has 3 heteroatoms. The van der Waals surface area contributed by atoms with E-state index in [0.29, 0.717) is 7.35 Å². The van der Waals surface area contributed by atoms with Gasteiger partial charge in [-0.15, -0.1) is 24.8 Å². The molecule has 2 atom stereocenters. The molecule has 0 aromatic heterocycles. The zero-order valence-electron chi connectivity index (χ0n) is 37.1. The van der Waals surface area contributed by atoms with Crippen LogP contribution in [-0.4, -0.2) is 0 Å². The molecule has 0 amide bonds. The van der Waals surface area contributed by atoms with Crippen LogP contribution < -0.4 is 0 Å². The van der Waals surface area contributed by atoms with Gasteiger partial charge >= 0.3 is 336 Å². The van der Waals surface area contributed by atoms with Crippen LogP contribution in [0.5, 0.6) is 0 Å². The molecule has 0 bridgehead atoms. The van der Waals surface area contributed by atoms with Crippen molar-refractivity contribution < 1.29 is 20.0 Å². The normalized spacial score (nSPS) is 18.9. The summed E-state index contributed by atoms with van der Waals surface area (Å²) < 4.78 is 4.33. The van der Waals surface area contributed by atoms with Crippen molar-refractivity contribution in [3.63, 3.8) is 0 Å². The minimum atomic E-state index is -3.14. The minimum Gasteiger partial charge on any atom is -0.147 e. The standard InChI is InChI=1S/2C25H31.C3H6.2ClH.Hf/c2*1-8-17-12-18-10-9-11-22(23(18)13-17)19-14-20(24(2,3)4)16-21(15-19)25(5,6)7;1-3-2;;;/h2*9-16H,8H2,1-7H3;1-3H2;2*1H;. The molecule has 300 valence electrons. The Morgan fingerprint density at radius 2 is 0.804 bits per heavy atom. The summed E-state index contributed by atoms with van der Waals surface area (Å²) in [4.78, 5) is 0. The molecule has 3 aliphatic rings. The second-order valence-electron chi connectivity index (χ2n) is 21.3. The number of rotatable bonds is 6. The first-order valence-corrected chi connectivity index (χ1v) is 30.4. The van der Waals surface area contributed by atoms with Gasteiger partial charge in [-0.05, 0) is 0 Å². The summed E-state index contributed by atoms with van der Waals surface area (Å²) in [5, 5.41) is 0. The summed E-state index contributed by atoms with van der Waals surface area (Å²) in [5.41, 5.74) is 21.6. The first-order valence-electron chi connectivity index (χ1n) is 21.2. The zero-order valence-corrected chi connectivity index (χ0v) is 42.3. The molecule has 0 saturated carbocycles. The Labute approximate surface area is 358 Å². The van der Waals surface area contributed by atoms with Gasteiger partial charge in [-0.2, -0.15) is 0 Å². The molecule has 4 aromatic rings. The van der Waals surface area contributed by atoms with Crippen molar-refractivity contribution in [1.82, 2.24) is 0 Å². The average molecular weight is 957 g/mol. The van der Waals surface area contributed by atoms with Crippen molar-refractivity contribution in [2.24, 2.45) is 0 Å². The van der Waals surface area contributed by atoms with Crippen LogP contribution in [0.1, 0.15) is 168 Å². The van der Waals surface area contributed by atoms with E-state index in [1.165, 1.54) is 70.4 Å². The number of fused-ring (bicyclic) bond motifs is 2. The Hall–Kier alpha value is -2.19. The Morgan fingerprint density at radius 1 is 0.482 bits per heavy atom. The second kappa shape index (κ2) is 15.8. The molecular formula is C53H70Cl2Hf. The van der Waals surface area contributed by atoms with E-state index in [4.69, 9.17) is 0 Å². The fourth-order valence-electron chi connectivity index (χ4n) is 10.0. The molecule has 0 spiro atoms. The Kier molecular flexibility index (Phi) is 12.6. The fraction of sp³-hybridized carbons (Fsp3) is 0.472. The summed E-state index contributed by atoms with van der Waals surface area (Å²) in [7, 11) is 0. The van der Waals surface area contributed by atoms with Gasteiger partial charge in [-0.25, -0.2) is 0 Å². The van der Waals surface area contributed by atoms with E-state index in [-0.39, 0.29) is 46.5 Å². The van der Waals surface area contributed by atoms with Gasteiger partial charge in [0, 0.05) is 0 Å². The van der Waals surface area contributed by atoms with Crippen LogP contribution in [0.3, 0.4) is 0 Å². The van der Waals surface area contributed by atoms with E-state index >= 15 is 0 Å².